The van der Waals surface area contributed by atoms with Crippen LogP contribution in [-0.4, -0.2) is 28.4 Å². The molecule has 0 radical (unpaired) electrons. The third-order valence-electron chi connectivity index (χ3n) is 5.53. The summed E-state index contributed by atoms with van der Waals surface area (Å²) in [6.45, 7) is 2.96. The molecule has 0 atom stereocenters. The van der Waals surface area contributed by atoms with Gasteiger partial charge >= 0.3 is 0 Å². The third kappa shape index (κ3) is 4.17. The lowest BCUT2D eigenvalue weighted by Crippen LogP contribution is -2.20. The number of ether oxygens (including phenoxy) is 1. The molecule has 0 unspecified atom stereocenters. The molecule has 156 valence electrons. The quantitative estimate of drug-likeness (QED) is 0.458. The number of para-hydroxylation sites is 1. The molecule has 1 heterocycles. The standard InChI is InChI=1S/C24H27N3O3/c1-2-30-23-15-17(11-12-22(23)28)16-25-26-24(29)13-14-27-20-9-5-3-7-18(20)19-8-4-6-10-21(19)27/h3,5,7,9,11-12,15-16,28H,2,4,6,8,10,13-14H2,1H3,(H,26,29)/b25-16+. The van der Waals surface area contributed by atoms with Crippen molar-refractivity contribution in [3.63, 3.8) is 0 Å². The van der Waals surface area contributed by atoms with Crippen LogP contribution in [-0.2, 0) is 24.2 Å². The molecule has 1 aliphatic carbocycles. The first-order valence-corrected chi connectivity index (χ1v) is 10.5. The number of carbonyl (C=O) groups is 1. The average molecular weight is 405 g/mol. The molecule has 1 amide bonds. The second-order valence-corrected chi connectivity index (χ2v) is 7.50. The summed E-state index contributed by atoms with van der Waals surface area (Å²) in [4.78, 5) is 12.4. The zero-order valence-corrected chi connectivity index (χ0v) is 17.2. The Bertz CT molecular complexity index is 1080. The maximum absolute atomic E-state index is 12.4. The molecule has 0 spiro atoms. The summed E-state index contributed by atoms with van der Waals surface area (Å²) in [7, 11) is 0. The number of aryl methyl sites for hydroxylation is 2. The molecule has 6 heteroatoms. The van der Waals surface area contributed by atoms with Gasteiger partial charge in [0.2, 0.25) is 5.91 Å². The van der Waals surface area contributed by atoms with Gasteiger partial charge in [0.1, 0.15) is 0 Å². The minimum absolute atomic E-state index is 0.0836. The van der Waals surface area contributed by atoms with Crippen LogP contribution in [0.25, 0.3) is 10.9 Å². The molecule has 0 saturated heterocycles. The number of fused-ring (bicyclic) bond motifs is 3. The Morgan fingerprint density at radius 2 is 2.07 bits per heavy atom. The van der Waals surface area contributed by atoms with Crippen molar-refractivity contribution in [3.05, 3.63) is 59.3 Å². The van der Waals surface area contributed by atoms with Crippen molar-refractivity contribution in [3.8, 4) is 11.5 Å². The van der Waals surface area contributed by atoms with Crippen LogP contribution in [0.5, 0.6) is 11.5 Å². The van der Waals surface area contributed by atoms with Crippen LogP contribution in [0, 0.1) is 0 Å². The van der Waals surface area contributed by atoms with Crippen molar-refractivity contribution < 1.29 is 14.6 Å². The van der Waals surface area contributed by atoms with Crippen molar-refractivity contribution in [1.82, 2.24) is 9.99 Å². The summed E-state index contributed by atoms with van der Waals surface area (Å²) >= 11 is 0. The molecule has 6 nitrogen and oxygen atoms in total. The van der Waals surface area contributed by atoms with Gasteiger partial charge in [-0.2, -0.15) is 5.10 Å². The fourth-order valence-corrected chi connectivity index (χ4v) is 4.17. The van der Waals surface area contributed by atoms with Gasteiger partial charge in [0, 0.05) is 29.6 Å². The first-order chi connectivity index (χ1) is 14.7. The summed E-state index contributed by atoms with van der Waals surface area (Å²) in [6, 6.07) is 13.4. The Balaban J connectivity index is 1.40. The SMILES string of the molecule is CCOc1cc(/C=N/NC(=O)CCn2c3c(c4ccccc42)CCCC3)ccc1O. The lowest BCUT2D eigenvalue weighted by Gasteiger charge is -2.15. The molecule has 30 heavy (non-hydrogen) atoms. The van der Waals surface area contributed by atoms with E-state index in [1.165, 1.54) is 35.0 Å². The first-order valence-electron chi connectivity index (χ1n) is 10.5. The Morgan fingerprint density at radius 3 is 2.93 bits per heavy atom. The van der Waals surface area contributed by atoms with Gasteiger partial charge < -0.3 is 14.4 Å². The van der Waals surface area contributed by atoms with Crippen LogP contribution in [0.3, 0.4) is 0 Å². The van der Waals surface area contributed by atoms with E-state index in [0.29, 0.717) is 25.3 Å². The van der Waals surface area contributed by atoms with Crippen molar-refractivity contribution in [2.24, 2.45) is 5.10 Å². The number of nitrogens with one attached hydrogen (secondary N) is 1. The summed E-state index contributed by atoms with van der Waals surface area (Å²) < 4.78 is 7.67. The zero-order valence-electron chi connectivity index (χ0n) is 17.2. The van der Waals surface area contributed by atoms with Crippen molar-refractivity contribution in [1.29, 1.82) is 0 Å². The van der Waals surface area contributed by atoms with Crippen LogP contribution in [0.4, 0.5) is 0 Å². The lowest BCUT2D eigenvalue weighted by molar-refractivity contribution is -0.121. The number of aromatic hydroxyl groups is 1. The third-order valence-corrected chi connectivity index (χ3v) is 5.53. The number of phenols is 1. The van der Waals surface area contributed by atoms with E-state index < -0.39 is 0 Å². The highest BCUT2D eigenvalue weighted by Crippen LogP contribution is 2.32. The van der Waals surface area contributed by atoms with E-state index in [0.717, 1.165) is 18.4 Å². The molecule has 2 aromatic carbocycles. The molecule has 0 bridgehead atoms. The summed E-state index contributed by atoms with van der Waals surface area (Å²) in [5.74, 6) is 0.356. The lowest BCUT2D eigenvalue weighted by atomic mass is 9.95. The van der Waals surface area contributed by atoms with Crippen LogP contribution in [0.15, 0.2) is 47.6 Å². The number of hydrogen-bond acceptors (Lipinski definition) is 4. The van der Waals surface area contributed by atoms with Gasteiger partial charge in [0.05, 0.1) is 12.8 Å². The van der Waals surface area contributed by atoms with E-state index >= 15 is 0 Å². The number of amides is 1. The summed E-state index contributed by atoms with van der Waals surface area (Å²) in [5.41, 5.74) is 7.39. The van der Waals surface area contributed by atoms with Gasteiger partial charge in [0.25, 0.3) is 0 Å². The Kier molecular flexibility index (Phi) is 6.02. The number of carbonyl (C=O) groups excluding carboxylic acids is 1. The van der Waals surface area contributed by atoms with Crippen molar-refractivity contribution >= 4 is 23.0 Å². The minimum Gasteiger partial charge on any atom is -0.504 e. The van der Waals surface area contributed by atoms with Gasteiger partial charge in [-0.15, -0.1) is 0 Å². The first kappa shape index (κ1) is 20.0. The maximum Gasteiger partial charge on any atom is 0.241 e. The highest BCUT2D eigenvalue weighted by Gasteiger charge is 2.19. The van der Waals surface area contributed by atoms with Gasteiger partial charge in [-0.1, -0.05) is 18.2 Å². The summed E-state index contributed by atoms with van der Waals surface area (Å²) in [5, 5.41) is 15.1. The monoisotopic (exact) mass is 405 g/mol. The number of nitrogens with zero attached hydrogens (tertiary/aromatic N) is 2. The van der Waals surface area contributed by atoms with Gasteiger partial charge in [-0.3, -0.25) is 4.79 Å². The van der Waals surface area contributed by atoms with Gasteiger partial charge in [-0.25, -0.2) is 5.43 Å². The predicted molar refractivity (Wildman–Crippen MR) is 118 cm³/mol. The zero-order chi connectivity index (χ0) is 20.9. The predicted octanol–water partition coefficient (Wildman–Crippen LogP) is 4.16. The molecule has 0 fully saturated rings. The largest absolute Gasteiger partial charge is 0.504 e. The van der Waals surface area contributed by atoms with Crippen LogP contribution < -0.4 is 10.2 Å². The molecule has 1 aliphatic rings. The van der Waals surface area contributed by atoms with Gasteiger partial charge in [-0.05, 0) is 68.0 Å². The van der Waals surface area contributed by atoms with Crippen molar-refractivity contribution in [2.45, 2.75) is 45.6 Å². The molecular weight excluding hydrogens is 378 g/mol. The Labute approximate surface area is 176 Å². The smallest absolute Gasteiger partial charge is 0.241 e. The van der Waals surface area contributed by atoms with E-state index in [1.54, 1.807) is 24.4 Å². The molecule has 4 rings (SSSR count). The molecule has 0 saturated carbocycles. The van der Waals surface area contributed by atoms with Crippen LogP contribution in [0.2, 0.25) is 0 Å². The van der Waals surface area contributed by atoms with Crippen LogP contribution in [0.1, 0.15) is 43.0 Å². The van der Waals surface area contributed by atoms with E-state index in [2.05, 4.69) is 39.4 Å². The normalized spacial score (nSPS) is 13.5. The number of aromatic nitrogens is 1. The second kappa shape index (κ2) is 9.03. The van der Waals surface area contributed by atoms with Gasteiger partial charge in [0.15, 0.2) is 11.5 Å². The molecule has 0 aliphatic heterocycles. The molecule has 3 aromatic rings. The average Bonchev–Trinajstić information content (AvgIpc) is 3.08. The van der Waals surface area contributed by atoms with E-state index in [4.69, 9.17) is 4.74 Å². The highest BCUT2D eigenvalue weighted by atomic mass is 16.5. The van der Waals surface area contributed by atoms with Crippen molar-refractivity contribution in [2.75, 3.05) is 6.61 Å². The highest BCUT2D eigenvalue weighted by molar-refractivity contribution is 5.86. The maximum atomic E-state index is 12.4. The second-order valence-electron chi connectivity index (χ2n) is 7.50. The van der Waals surface area contributed by atoms with E-state index in [9.17, 15) is 9.90 Å². The molecule has 2 N–H and O–H groups in total. The Hall–Kier alpha value is -3.28. The number of rotatable bonds is 7. The number of benzene rings is 2. The fraction of sp³-hybridized carbons (Fsp3) is 0.333. The van der Waals surface area contributed by atoms with E-state index in [-0.39, 0.29) is 11.7 Å². The number of hydrogen-bond donors (Lipinski definition) is 2. The van der Waals surface area contributed by atoms with E-state index in [1.807, 2.05) is 6.92 Å². The topological polar surface area (TPSA) is 75.8 Å². The number of hydrazone groups is 1. The molecule has 1 aromatic heterocycles. The van der Waals surface area contributed by atoms with Crippen LogP contribution >= 0.6 is 0 Å². The minimum atomic E-state index is -0.127. The summed E-state index contributed by atoms with van der Waals surface area (Å²) in [6.07, 6.45) is 6.55. The fourth-order valence-electron chi connectivity index (χ4n) is 4.17. The number of phenolic OH excluding ortho intramolecular Hbond substituents is 1. The Morgan fingerprint density at radius 1 is 1.23 bits per heavy atom. The molecular formula is C24H27N3O3.